The van der Waals surface area contributed by atoms with Crippen molar-refractivity contribution in [3.05, 3.63) is 48.5 Å². The topological polar surface area (TPSA) is 50.4 Å². The number of rotatable bonds is 6. The van der Waals surface area contributed by atoms with Crippen LogP contribution in [0.2, 0.25) is 0 Å². The largest absolute Gasteiger partial charge is 0.497 e. The Kier molecular flexibility index (Phi) is 8.65. The number of ether oxygens (including phenoxy) is 1. The van der Waals surface area contributed by atoms with E-state index in [4.69, 9.17) is 4.74 Å². The first-order valence-electron chi connectivity index (χ1n) is 8.26. The maximum Gasteiger partial charge on any atom is 0.225 e. The molecule has 0 bridgehead atoms. The van der Waals surface area contributed by atoms with E-state index in [2.05, 4.69) is 10.6 Å². The number of nitrogens with one attached hydrogen (secondary N) is 2. The first-order chi connectivity index (χ1) is 12.2. The van der Waals surface area contributed by atoms with Crippen molar-refractivity contribution in [1.29, 1.82) is 0 Å². The molecular weight excluding hydrogens is 388 g/mol. The van der Waals surface area contributed by atoms with Crippen LogP contribution in [-0.2, 0) is 4.79 Å². The average molecular weight is 411 g/mol. The minimum atomic E-state index is 0. The first-order valence-corrected chi connectivity index (χ1v) is 10.2. The van der Waals surface area contributed by atoms with Crippen molar-refractivity contribution in [2.24, 2.45) is 0 Å². The lowest BCUT2D eigenvalue weighted by atomic mass is 10.2. The zero-order valence-electron chi connectivity index (χ0n) is 14.6. The quantitative estimate of drug-likeness (QED) is 0.743. The molecule has 1 saturated heterocycles. The Morgan fingerprint density at radius 3 is 2.42 bits per heavy atom. The summed E-state index contributed by atoms with van der Waals surface area (Å²) in [6.45, 7) is 0.986. The molecule has 1 heterocycles. The number of hydrogen-bond donors (Lipinski definition) is 2. The van der Waals surface area contributed by atoms with Crippen LogP contribution in [0, 0.1) is 0 Å². The van der Waals surface area contributed by atoms with Gasteiger partial charge in [-0.1, -0.05) is 11.8 Å². The van der Waals surface area contributed by atoms with Gasteiger partial charge in [-0.3, -0.25) is 4.79 Å². The van der Waals surface area contributed by atoms with Crippen LogP contribution in [-0.4, -0.2) is 37.1 Å². The SMILES string of the molecule is COc1ccc(Sc2ccc(NC(=O)CC3CSCCN3)cc2)cc1.Cl. The van der Waals surface area contributed by atoms with Crippen molar-refractivity contribution in [2.45, 2.75) is 22.3 Å². The molecule has 1 atom stereocenters. The lowest BCUT2D eigenvalue weighted by Gasteiger charge is -2.22. The predicted molar refractivity (Wildman–Crippen MR) is 113 cm³/mol. The molecule has 2 aromatic carbocycles. The van der Waals surface area contributed by atoms with Crippen LogP contribution in [0.4, 0.5) is 5.69 Å². The Labute approximate surface area is 169 Å². The van der Waals surface area contributed by atoms with Gasteiger partial charge in [-0.2, -0.15) is 11.8 Å². The highest BCUT2D eigenvalue weighted by molar-refractivity contribution is 7.99. The van der Waals surface area contributed by atoms with Gasteiger partial charge in [0.1, 0.15) is 5.75 Å². The lowest BCUT2D eigenvalue weighted by Crippen LogP contribution is -2.39. The third-order valence-corrected chi connectivity index (χ3v) is 6.01. The van der Waals surface area contributed by atoms with E-state index in [1.165, 1.54) is 0 Å². The third-order valence-electron chi connectivity index (χ3n) is 3.86. The number of carbonyl (C=O) groups is 1. The van der Waals surface area contributed by atoms with Gasteiger partial charge in [-0.15, -0.1) is 12.4 Å². The van der Waals surface area contributed by atoms with E-state index in [1.807, 2.05) is 60.3 Å². The zero-order valence-corrected chi connectivity index (χ0v) is 17.0. The first kappa shape index (κ1) is 21.0. The number of amides is 1. The second-order valence-corrected chi connectivity index (χ2v) is 8.08. The summed E-state index contributed by atoms with van der Waals surface area (Å²) < 4.78 is 5.17. The standard InChI is InChI=1S/C19H22N2O2S2.ClH/c1-23-16-4-8-18(9-5-16)25-17-6-2-14(3-7-17)21-19(22)12-15-13-24-11-10-20-15;/h2-9,15,20H,10-13H2,1H3,(H,21,22);1H. The number of carbonyl (C=O) groups excluding carboxylic acids is 1. The summed E-state index contributed by atoms with van der Waals surface area (Å²) in [7, 11) is 1.67. The second-order valence-electron chi connectivity index (χ2n) is 5.78. The molecule has 1 fully saturated rings. The van der Waals surface area contributed by atoms with Crippen molar-refractivity contribution in [2.75, 3.05) is 30.5 Å². The highest BCUT2D eigenvalue weighted by Gasteiger charge is 2.16. The fraction of sp³-hybridized carbons (Fsp3) is 0.316. The van der Waals surface area contributed by atoms with Crippen LogP contribution in [0.5, 0.6) is 5.75 Å². The van der Waals surface area contributed by atoms with Crippen LogP contribution < -0.4 is 15.4 Å². The van der Waals surface area contributed by atoms with E-state index in [9.17, 15) is 4.79 Å². The summed E-state index contributed by atoms with van der Waals surface area (Å²) >= 11 is 3.59. The molecule has 1 aliphatic rings. The Balaban J connectivity index is 0.00000243. The minimum Gasteiger partial charge on any atom is -0.497 e. The summed E-state index contributed by atoms with van der Waals surface area (Å²) in [4.78, 5) is 14.4. The molecule has 1 aliphatic heterocycles. The summed E-state index contributed by atoms with van der Waals surface area (Å²) in [5.41, 5.74) is 0.840. The molecule has 7 heteroatoms. The number of thioether (sulfide) groups is 1. The lowest BCUT2D eigenvalue weighted by molar-refractivity contribution is -0.116. The van der Waals surface area contributed by atoms with E-state index < -0.39 is 0 Å². The number of anilines is 1. The van der Waals surface area contributed by atoms with Crippen molar-refractivity contribution < 1.29 is 9.53 Å². The smallest absolute Gasteiger partial charge is 0.225 e. The molecule has 1 amide bonds. The van der Waals surface area contributed by atoms with Gasteiger partial charge in [-0.05, 0) is 48.5 Å². The normalized spacial score (nSPS) is 16.4. The number of hydrogen-bond acceptors (Lipinski definition) is 5. The van der Waals surface area contributed by atoms with Gasteiger partial charge in [0.05, 0.1) is 7.11 Å². The van der Waals surface area contributed by atoms with E-state index in [0.29, 0.717) is 6.42 Å². The maximum absolute atomic E-state index is 12.1. The molecule has 3 rings (SSSR count). The van der Waals surface area contributed by atoms with Crippen molar-refractivity contribution in [3.63, 3.8) is 0 Å². The van der Waals surface area contributed by atoms with Crippen LogP contribution in [0.15, 0.2) is 58.3 Å². The fourth-order valence-electron chi connectivity index (χ4n) is 2.57. The Bertz CT molecular complexity index is 690. The monoisotopic (exact) mass is 410 g/mol. The average Bonchev–Trinajstić information content (AvgIpc) is 2.65. The van der Waals surface area contributed by atoms with Crippen LogP contribution >= 0.6 is 35.9 Å². The number of methoxy groups -OCH3 is 1. The molecule has 0 aliphatic carbocycles. The minimum absolute atomic E-state index is 0. The van der Waals surface area contributed by atoms with Gasteiger partial charge < -0.3 is 15.4 Å². The summed E-state index contributed by atoms with van der Waals surface area (Å²) in [5, 5.41) is 6.37. The molecule has 2 aromatic rings. The van der Waals surface area contributed by atoms with Gasteiger partial charge in [0.25, 0.3) is 0 Å². The zero-order chi connectivity index (χ0) is 17.5. The molecule has 0 radical (unpaired) electrons. The third kappa shape index (κ3) is 6.43. The predicted octanol–water partition coefficient (Wildman–Crippen LogP) is 4.30. The van der Waals surface area contributed by atoms with E-state index in [-0.39, 0.29) is 24.4 Å². The van der Waals surface area contributed by atoms with E-state index in [0.717, 1.165) is 39.3 Å². The fourth-order valence-corrected chi connectivity index (χ4v) is 4.34. The van der Waals surface area contributed by atoms with Crippen LogP contribution in [0.3, 0.4) is 0 Å². The number of benzene rings is 2. The molecule has 2 N–H and O–H groups in total. The Hall–Kier alpha value is -1.34. The van der Waals surface area contributed by atoms with Gasteiger partial charge in [0, 0.05) is 46.0 Å². The molecule has 140 valence electrons. The molecule has 4 nitrogen and oxygen atoms in total. The molecular formula is C19H23ClN2O2S2. The Morgan fingerprint density at radius 1 is 1.19 bits per heavy atom. The van der Waals surface area contributed by atoms with Gasteiger partial charge in [-0.25, -0.2) is 0 Å². The Morgan fingerprint density at radius 2 is 1.85 bits per heavy atom. The van der Waals surface area contributed by atoms with Crippen molar-refractivity contribution in [1.82, 2.24) is 5.32 Å². The van der Waals surface area contributed by atoms with Gasteiger partial charge in [0.15, 0.2) is 0 Å². The highest BCUT2D eigenvalue weighted by atomic mass is 35.5. The van der Waals surface area contributed by atoms with Crippen molar-refractivity contribution >= 4 is 47.5 Å². The van der Waals surface area contributed by atoms with Gasteiger partial charge in [0.2, 0.25) is 5.91 Å². The van der Waals surface area contributed by atoms with Crippen LogP contribution in [0.25, 0.3) is 0 Å². The highest BCUT2D eigenvalue weighted by Crippen LogP contribution is 2.29. The second kappa shape index (κ2) is 10.7. The van der Waals surface area contributed by atoms with Gasteiger partial charge >= 0.3 is 0 Å². The summed E-state index contributed by atoms with van der Waals surface area (Å²) in [5.74, 6) is 3.06. The maximum atomic E-state index is 12.1. The van der Waals surface area contributed by atoms with Crippen molar-refractivity contribution in [3.8, 4) is 5.75 Å². The molecule has 1 unspecified atom stereocenters. The molecule has 26 heavy (non-hydrogen) atoms. The summed E-state index contributed by atoms with van der Waals surface area (Å²) in [6, 6.07) is 16.2. The van der Waals surface area contributed by atoms with Crippen LogP contribution in [0.1, 0.15) is 6.42 Å². The number of halogens is 1. The van der Waals surface area contributed by atoms with E-state index in [1.54, 1.807) is 18.9 Å². The molecule has 0 saturated carbocycles. The molecule has 0 spiro atoms. The summed E-state index contributed by atoms with van der Waals surface area (Å²) in [6.07, 6.45) is 0.523. The molecule has 0 aromatic heterocycles. The van der Waals surface area contributed by atoms with E-state index >= 15 is 0 Å².